The van der Waals surface area contributed by atoms with Crippen LogP contribution in [0.25, 0.3) is 21.9 Å². The maximum atomic E-state index is 6.27. The summed E-state index contributed by atoms with van der Waals surface area (Å²) in [4.78, 5) is 7.00. The summed E-state index contributed by atoms with van der Waals surface area (Å²) in [5, 5.41) is 2.46. The van der Waals surface area contributed by atoms with Gasteiger partial charge in [0.05, 0.1) is 0 Å². The second-order valence-corrected chi connectivity index (χ2v) is 8.42. The molecule has 0 bridgehead atoms. The van der Waals surface area contributed by atoms with Crippen LogP contribution in [0.4, 0.5) is 0 Å². The van der Waals surface area contributed by atoms with Crippen molar-refractivity contribution in [1.29, 1.82) is 0 Å². The van der Waals surface area contributed by atoms with Crippen LogP contribution in [-0.4, -0.2) is 35.6 Å². The first-order valence-electron chi connectivity index (χ1n) is 10.6. The maximum Gasteiger partial charge on any atom is 0.119 e. The summed E-state index contributed by atoms with van der Waals surface area (Å²) in [6.07, 6.45) is 7.41. The van der Waals surface area contributed by atoms with E-state index < -0.39 is 0 Å². The molecular weight excluding hydrogens is 344 g/mol. The monoisotopic (exact) mass is 372 g/mol. The van der Waals surface area contributed by atoms with Gasteiger partial charge in [0.25, 0.3) is 0 Å². The van der Waals surface area contributed by atoms with E-state index in [9.17, 15) is 0 Å². The normalized spacial score (nSPS) is 18.5. The molecule has 1 saturated heterocycles. The fraction of sp³-hybridized carbons (Fsp3) is 0.400. The second kappa shape index (κ2) is 7.56. The Bertz CT molecular complexity index is 954. The maximum absolute atomic E-state index is 6.27. The van der Waals surface area contributed by atoms with Gasteiger partial charge in [0.1, 0.15) is 11.9 Å². The smallest absolute Gasteiger partial charge is 0.119 e. The molecule has 28 heavy (non-hydrogen) atoms. The van der Waals surface area contributed by atoms with E-state index >= 15 is 0 Å². The van der Waals surface area contributed by atoms with Crippen LogP contribution in [0.5, 0.6) is 5.75 Å². The zero-order valence-electron chi connectivity index (χ0n) is 16.6. The fourth-order valence-corrected chi connectivity index (χ4v) is 4.30. The van der Waals surface area contributed by atoms with Crippen molar-refractivity contribution in [2.75, 3.05) is 19.6 Å². The molecule has 144 valence electrons. The highest BCUT2D eigenvalue weighted by molar-refractivity contribution is 5.88. The number of benzene rings is 2. The van der Waals surface area contributed by atoms with Gasteiger partial charge >= 0.3 is 0 Å². The van der Waals surface area contributed by atoms with Crippen molar-refractivity contribution in [3.63, 3.8) is 0 Å². The average Bonchev–Trinajstić information content (AvgIpc) is 3.54. The van der Waals surface area contributed by atoms with Crippen molar-refractivity contribution < 1.29 is 4.74 Å². The number of nitrogens with zero attached hydrogens (tertiary/aromatic N) is 2. The minimum atomic E-state index is 0.359. The van der Waals surface area contributed by atoms with Crippen LogP contribution >= 0.6 is 0 Å². The molecule has 3 nitrogen and oxygen atoms in total. The average molecular weight is 373 g/mol. The van der Waals surface area contributed by atoms with Crippen molar-refractivity contribution >= 4 is 10.8 Å². The predicted molar refractivity (Wildman–Crippen MR) is 115 cm³/mol. The lowest BCUT2D eigenvalue weighted by Crippen LogP contribution is -2.39. The Morgan fingerprint density at radius 3 is 2.43 bits per heavy atom. The van der Waals surface area contributed by atoms with Crippen molar-refractivity contribution in [2.24, 2.45) is 5.92 Å². The minimum Gasteiger partial charge on any atom is -0.490 e. The van der Waals surface area contributed by atoms with Crippen LogP contribution in [0.1, 0.15) is 31.4 Å². The van der Waals surface area contributed by atoms with Gasteiger partial charge in [0, 0.05) is 36.9 Å². The Labute approximate surface area is 167 Å². The lowest BCUT2D eigenvalue weighted by atomic mass is 10.0. The number of aromatic nitrogens is 1. The van der Waals surface area contributed by atoms with Crippen molar-refractivity contribution in [3.05, 3.63) is 60.4 Å². The number of fused-ring (bicyclic) bond motifs is 1. The third-order valence-corrected chi connectivity index (χ3v) is 6.20. The molecule has 1 aliphatic heterocycles. The van der Waals surface area contributed by atoms with Gasteiger partial charge in [0.15, 0.2) is 0 Å². The van der Waals surface area contributed by atoms with Crippen molar-refractivity contribution in [2.45, 2.75) is 38.7 Å². The highest BCUT2D eigenvalue weighted by Gasteiger charge is 2.27. The topological polar surface area (TPSA) is 25.4 Å². The number of rotatable bonds is 5. The molecule has 2 aromatic carbocycles. The molecule has 2 aliphatic rings. The third kappa shape index (κ3) is 3.90. The van der Waals surface area contributed by atoms with Gasteiger partial charge in [-0.2, -0.15) is 0 Å². The highest BCUT2D eigenvalue weighted by atomic mass is 16.5. The van der Waals surface area contributed by atoms with Crippen LogP contribution in [-0.2, 0) is 0 Å². The molecule has 3 aromatic rings. The molecule has 0 N–H and O–H groups in total. The fourth-order valence-electron chi connectivity index (χ4n) is 4.30. The summed E-state index contributed by atoms with van der Waals surface area (Å²) in [5.41, 5.74) is 3.54. The molecule has 0 atom stereocenters. The number of piperidine rings is 1. The van der Waals surface area contributed by atoms with Gasteiger partial charge < -0.3 is 9.64 Å². The van der Waals surface area contributed by atoms with Crippen molar-refractivity contribution in [1.82, 2.24) is 9.88 Å². The van der Waals surface area contributed by atoms with E-state index in [4.69, 9.17) is 4.74 Å². The highest BCUT2D eigenvalue weighted by Crippen LogP contribution is 2.31. The van der Waals surface area contributed by atoms with E-state index in [1.165, 1.54) is 54.4 Å². The van der Waals surface area contributed by atoms with Gasteiger partial charge in [0.2, 0.25) is 0 Å². The predicted octanol–water partition coefficient (Wildman–Crippen LogP) is 5.46. The summed E-state index contributed by atoms with van der Waals surface area (Å²) in [7, 11) is 0. The Kier molecular flexibility index (Phi) is 4.77. The summed E-state index contributed by atoms with van der Waals surface area (Å²) in [6, 6.07) is 17.3. The van der Waals surface area contributed by atoms with Crippen molar-refractivity contribution in [3.8, 4) is 16.9 Å². The molecule has 1 aliphatic carbocycles. The SMILES string of the molecule is Cc1nccc2cc(-c3ccc(OC4CCN(CC5CC5)CC4)cc3)ccc12. The molecule has 0 unspecified atom stereocenters. The summed E-state index contributed by atoms with van der Waals surface area (Å²) >= 11 is 0. The quantitative estimate of drug-likeness (QED) is 0.594. The number of hydrogen-bond donors (Lipinski definition) is 0. The molecule has 1 saturated carbocycles. The van der Waals surface area contributed by atoms with Crippen LogP contribution in [0.3, 0.4) is 0 Å². The molecule has 3 heteroatoms. The van der Waals surface area contributed by atoms with E-state index in [2.05, 4.69) is 65.3 Å². The Balaban J connectivity index is 1.23. The first-order chi connectivity index (χ1) is 13.7. The van der Waals surface area contributed by atoms with Crippen LogP contribution < -0.4 is 4.74 Å². The molecule has 0 radical (unpaired) electrons. The second-order valence-electron chi connectivity index (χ2n) is 8.42. The van der Waals surface area contributed by atoms with Gasteiger partial charge in [-0.25, -0.2) is 0 Å². The Hall–Kier alpha value is -2.39. The number of likely N-dealkylation sites (tertiary alicyclic amines) is 1. The van der Waals surface area contributed by atoms with Crippen LogP contribution in [0, 0.1) is 12.8 Å². The number of aryl methyl sites for hydroxylation is 1. The molecule has 0 amide bonds. The molecular formula is C25H28N2O. The van der Waals surface area contributed by atoms with Gasteiger partial charge in [-0.1, -0.05) is 24.3 Å². The number of hydrogen-bond acceptors (Lipinski definition) is 3. The van der Waals surface area contributed by atoms with E-state index in [-0.39, 0.29) is 0 Å². The lowest BCUT2D eigenvalue weighted by molar-refractivity contribution is 0.0980. The van der Waals surface area contributed by atoms with Gasteiger partial charge in [-0.3, -0.25) is 4.98 Å². The van der Waals surface area contributed by atoms with E-state index in [1.807, 2.05) is 6.20 Å². The zero-order chi connectivity index (χ0) is 18.9. The van der Waals surface area contributed by atoms with Gasteiger partial charge in [-0.05, 0) is 79.3 Å². The third-order valence-electron chi connectivity index (χ3n) is 6.20. The molecule has 2 fully saturated rings. The molecule has 2 heterocycles. The van der Waals surface area contributed by atoms with Crippen LogP contribution in [0.15, 0.2) is 54.7 Å². The molecule has 5 rings (SSSR count). The van der Waals surface area contributed by atoms with E-state index in [0.29, 0.717) is 6.10 Å². The molecule has 0 spiro atoms. The first-order valence-corrected chi connectivity index (χ1v) is 10.6. The minimum absolute atomic E-state index is 0.359. The number of ether oxygens (including phenoxy) is 1. The largest absolute Gasteiger partial charge is 0.490 e. The molecule has 1 aromatic heterocycles. The Morgan fingerprint density at radius 2 is 1.68 bits per heavy atom. The van der Waals surface area contributed by atoms with E-state index in [1.54, 1.807) is 0 Å². The first kappa shape index (κ1) is 17.7. The van der Waals surface area contributed by atoms with Gasteiger partial charge in [-0.15, -0.1) is 0 Å². The Morgan fingerprint density at radius 1 is 0.929 bits per heavy atom. The van der Waals surface area contributed by atoms with Crippen LogP contribution in [0.2, 0.25) is 0 Å². The summed E-state index contributed by atoms with van der Waals surface area (Å²) in [6.45, 7) is 5.74. The van der Waals surface area contributed by atoms with E-state index in [0.717, 1.165) is 30.2 Å². The standard InChI is InChI=1S/C25H28N2O/c1-18-25-9-6-21(16-22(25)10-13-26-18)20-4-7-23(8-5-20)28-24-11-14-27(15-12-24)17-19-2-3-19/h4-10,13,16,19,24H,2-3,11-12,14-15,17H2,1H3. The zero-order valence-corrected chi connectivity index (χ0v) is 16.6. The summed E-state index contributed by atoms with van der Waals surface area (Å²) < 4.78 is 6.27. The number of pyridine rings is 1. The summed E-state index contributed by atoms with van der Waals surface area (Å²) in [5.74, 6) is 1.98. The lowest BCUT2D eigenvalue weighted by Gasteiger charge is -2.32.